The maximum atomic E-state index is 10.9. The van der Waals surface area contributed by atoms with Crippen molar-refractivity contribution in [2.45, 2.75) is 72.9 Å². The molecule has 0 aliphatic rings. The van der Waals surface area contributed by atoms with Gasteiger partial charge in [0.15, 0.2) is 6.29 Å². The third kappa shape index (κ3) is 7.98. The van der Waals surface area contributed by atoms with Crippen molar-refractivity contribution in [2.75, 3.05) is 0 Å². The Balaban J connectivity index is 0.00000441. The maximum Gasteiger partial charge on any atom is 1.00 e. The molecule has 0 radical (unpaired) electrons. The quantitative estimate of drug-likeness (QED) is 0.577. The van der Waals surface area contributed by atoms with Gasteiger partial charge in [-0.2, -0.15) is 0 Å². The molecule has 0 fully saturated rings. The summed E-state index contributed by atoms with van der Waals surface area (Å²) in [5.74, 6) is 0.721. The van der Waals surface area contributed by atoms with Crippen LogP contribution >= 0.6 is 0 Å². The summed E-state index contributed by atoms with van der Waals surface area (Å²) in [6.07, 6.45) is -0.510. The van der Waals surface area contributed by atoms with E-state index >= 15 is 0 Å². The molecule has 0 spiro atoms. The Morgan fingerprint density at radius 1 is 1.00 bits per heavy atom. The van der Waals surface area contributed by atoms with Gasteiger partial charge in [-0.25, -0.2) is 0 Å². The fraction of sp³-hybridized carbons (Fsp3) is 0.667. The Kier molecular flexibility index (Phi) is 8.67. The summed E-state index contributed by atoms with van der Waals surface area (Å²) in [7, 11) is 0. The van der Waals surface area contributed by atoms with Crippen LogP contribution < -0.4 is 39.4 Å². The molecule has 2 atom stereocenters. The van der Waals surface area contributed by atoms with Crippen LogP contribution in [-0.2, 0) is 10.2 Å². The molecule has 120 valence electrons. The van der Waals surface area contributed by atoms with Crippen molar-refractivity contribution in [2.24, 2.45) is 5.41 Å². The molecule has 1 rings (SSSR count). The zero-order chi connectivity index (χ0) is 16.3. The van der Waals surface area contributed by atoms with E-state index in [1.165, 1.54) is 12.5 Å². The summed E-state index contributed by atoms with van der Waals surface area (Å²) in [6, 6.07) is 8.06. The average molecular weight is 316 g/mol. The molecule has 0 N–H and O–H groups in total. The largest absolute Gasteiger partial charge is 1.00 e. The summed E-state index contributed by atoms with van der Waals surface area (Å²) in [4.78, 5) is 0. The number of ether oxygens (including phenoxy) is 2. The van der Waals surface area contributed by atoms with Gasteiger partial charge in [0, 0.05) is 0 Å². The topological polar surface area (TPSA) is 41.5 Å². The van der Waals surface area contributed by atoms with Gasteiger partial charge in [-0.05, 0) is 48.2 Å². The minimum atomic E-state index is -1.08. The SMILES string of the molecule is CC([O-])OC(C)Oc1ccc(C(C)(C)CC(C)(C)C)cc1.[Na+]. The van der Waals surface area contributed by atoms with Crippen molar-refractivity contribution in [3.63, 3.8) is 0 Å². The van der Waals surface area contributed by atoms with Crippen molar-refractivity contribution in [1.29, 1.82) is 0 Å². The standard InChI is InChI=1S/C18H29O3.Na/c1-13(19)20-14(2)21-16-10-8-15(9-11-16)18(6,7)12-17(3,4)5;/h8-11,13-14H,12H2,1-7H3;/q-1;+1. The first-order valence-corrected chi connectivity index (χ1v) is 7.58. The zero-order valence-electron chi connectivity index (χ0n) is 15.4. The van der Waals surface area contributed by atoms with Gasteiger partial charge in [0.05, 0.1) is 0 Å². The molecule has 0 heterocycles. The predicted molar refractivity (Wildman–Crippen MR) is 84.2 cm³/mol. The van der Waals surface area contributed by atoms with Crippen LogP contribution in [0.25, 0.3) is 0 Å². The predicted octanol–water partition coefficient (Wildman–Crippen LogP) is 0.852. The second-order valence-corrected chi connectivity index (χ2v) is 7.53. The molecule has 4 heteroatoms. The van der Waals surface area contributed by atoms with Crippen LogP contribution in [0.2, 0.25) is 0 Å². The molecule has 0 amide bonds. The van der Waals surface area contributed by atoms with Gasteiger partial charge in [0.25, 0.3) is 0 Å². The minimum Gasteiger partial charge on any atom is -0.831 e. The van der Waals surface area contributed by atoms with E-state index in [2.05, 4.69) is 46.8 Å². The second kappa shape index (κ2) is 8.70. The van der Waals surface area contributed by atoms with Gasteiger partial charge >= 0.3 is 29.6 Å². The second-order valence-electron chi connectivity index (χ2n) is 7.53. The van der Waals surface area contributed by atoms with Crippen LogP contribution in [0, 0.1) is 5.41 Å². The Hall–Kier alpha value is -0.0600. The molecule has 1 aromatic carbocycles. The van der Waals surface area contributed by atoms with E-state index < -0.39 is 12.6 Å². The third-order valence-electron chi connectivity index (χ3n) is 3.29. The van der Waals surface area contributed by atoms with Gasteiger partial charge in [-0.15, -0.1) is 0 Å². The van der Waals surface area contributed by atoms with Gasteiger partial charge in [0.1, 0.15) is 5.75 Å². The average Bonchev–Trinajstić information content (AvgIpc) is 2.24. The van der Waals surface area contributed by atoms with Gasteiger partial charge in [-0.1, -0.05) is 53.7 Å². The van der Waals surface area contributed by atoms with E-state index in [-0.39, 0.29) is 40.4 Å². The monoisotopic (exact) mass is 316 g/mol. The Labute approximate surface area is 157 Å². The van der Waals surface area contributed by atoms with Crippen molar-refractivity contribution in [3.8, 4) is 5.75 Å². The molecule has 3 nitrogen and oxygen atoms in total. The van der Waals surface area contributed by atoms with Crippen molar-refractivity contribution in [3.05, 3.63) is 29.8 Å². The Bertz CT molecular complexity index is 433. The maximum absolute atomic E-state index is 10.9. The molecule has 0 saturated heterocycles. The van der Waals surface area contributed by atoms with Crippen molar-refractivity contribution < 1.29 is 44.1 Å². The molecule has 2 unspecified atom stereocenters. The minimum absolute atomic E-state index is 0. The number of rotatable bonds is 6. The number of hydrogen-bond acceptors (Lipinski definition) is 3. The normalized spacial score (nSPS) is 14.9. The van der Waals surface area contributed by atoms with E-state index in [9.17, 15) is 5.11 Å². The first-order chi connectivity index (χ1) is 9.49. The summed E-state index contributed by atoms with van der Waals surface area (Å²) in [5.41, 5.74) is 1.68. The van der Waals surface area contributed by atoms with Gasteiger partial charge < -0.3 is 14.6 Å². The van der Waals surface area contributed by atoms with E-state index in [0.717, 1.165) is 12.2 Å². The van der Waals surface area contributed by atoms with Crippen LogP contribution in [0.4, 0.5) is 0 Å². The van der Waals surface area contributed by atoms with E-state index in [4.69, 9.17) is 9.47 Å². The Morgan fingerprint density at radius 2 is 1.50 bits per heavy atom. The molecule has 0 saturated carbocycles. The summed E-state index contributed by atoms with van der Waals surface area (Å²) in [6.45, 7) is 14.5. The number of benzene rings is 1. The fourth-order valence-electron chi connectivity index (χ4n) is 2.90. The molecule has 1 aromatic rings. The number of hydrogen-bond donors (Lipinski definition) is 0. The van der Waals surface area contributed by atoms with Gasteiger partial charge in [0.2, 0.25) is 0 Å². The molecule has 0 bridgehead atoms. The van der Waals surface area contributed by atoms with Crippen molar-refractivity contribution in [1.82, 2.24) is 0 Å². The molecule has 0 aliphatic carbocycles. The van der Waals surface area contributed by atoms with Crippen LogP contribution in [-0.4, -0.2) is 12.6 Å². The summed E-state index contributed by atoms with van der Waals surface area (Å²) in [5, 5.41) is 10.9. The molecule has 22 heavy (non-hydrogen) atoms. The molecule has 0 aromatic heterocycles. The smallest absolute Gasteiger partial charge is 0.831 e. The van der Waals surface area contributed by atoms with E-state index in [0.29, 0.717) is 0 Å². The fourth-order valence-corrected chi connectivity index (χ4v) is 2.90. The van der Waals surface area contributed by atoms with Crippen LogP contribution in [0.3, 0.4) is 0 Å². The molecular formula is C18H29NaO3. The van der Waals surface area contributed by atoms with Crippen LogP contribution in [0.1, 0.15) is 60.5 Å². The zero-order valence-corrected chi connectivity index (χ0v) is 17.4. The summed E-state index contributed by atoms with van der Waals surface area (Å²) < 4.78 is 10.6. The first kappa shape index (κ1) is 21.9. The van der Waals surface area contributed by atoms with Crippen LogP contribution in [0.5, 0.6) is 5.75 Å². The van der Waals surface area contributed by atoms with E-state index in [1.54, 1.807) is 6.92 Å². The third-order valence-corrected chi connectivity index (χ3v) is 3.29. The molecule has 0 aliphatic heterocycles. The van der Waals surface area contributed by atoms with Crippen molar-refractivity contribution >= 4 is 0 Å². The van der Waals surface area contributed by atoms with Crippen LogP contribution in [0.15, 0.2) is 24.3 Å². The Morgan fingerprint density at radius 3 is 1.91 bits per heavy atom. The first-order valence-electron chi connectivity index (χ1n) is 7.58. The summed E-state index contributed by atoms with van der Waals surface area (Å²) >= 11 is 0. The van der Waals surface area contributed by atoms with Gasteiger partial charge in [-0.3, -0.25) is 0 Å². The molecular weight excluding hydrogens is 287 g/mol. The van der Waals surface area contributed by atoms with E-state index in [1.807, 2.05) is 12.1 Å².